The van der Waals surface area contributed by atoms with Gasteiger partial charge in [-0.15, -0.1) is 0 Å². The highest BCUT2D eigenvalue weighted by molar-refractivity contribution is 5.76. The molecule has 0 aromatic carbocycles. The molecule has 2 aliphatic heterocycles. The molecule has 1 unspecified atom stereocenters. The summed E-state index contributed by atoms with van der Waals surface area (Å²) in [5, 5.41) is 0. The first kappa shape index (κ1) is 15.3. The van der Waals surface area contributed by atoms with Crippen LogP contribution in [0.3, 0.4) is 0 Å². The number of ether oxygens (including phenoxy) is 3. The Morgan fingerprint density at radius 2 is 1.81 bits per heavy atom. The molecule has 1 aliphatic carbocycles. The molecule has 21 heavy (non-hydrogen) atoms. The van der Waals surface area contributed by atoms with Gasteiger partial charge in [0, 0.05) is 32.5 Å². The largest absolute Gasteiger partial charge is 0.378 e. The molecule has 3 rings (SSSR count). The molecule has 3 aliphatic rings. The molecular formula is C16H27NO4. The second-order valence-corrected chi connectivity index (χ2v) is 6.54. The van der Waals surface area contributed by atoms with Gasteiger partial charge in [-0.3, -0.25) is 4.79 Å². The van der Waals surface area contributed by atoms with Crippen LogP contribution in [0.15, 0.2) is 0 Å². The van der Waals surface area contributed by atoms with E-state index in [0.717, 1.165) is 45.1 Å². The van der Waals surface area contributed by atoms with E-state index in [1.807, 2.05) is 11.9 Å². The topological polar surface area (TPSA) is 48.0 Å². The standard InChI is InChI=1S/C16H27NO4/c1-17(15(18)12-14-4-2-3-9-19-14)13-5-7-16(8-6-13)20-10-11-21-16/h13-14H,2-12H2,1H3. The number of hydrogen-bond acceptors (Lipinski definition) is 4. The Kier molecular flexibility index (Phi) is 4.82. The van der Waals surface area contributed by atoms with Crippen LogP contribution in [-0.2, 0) is 19.0 Å². The van der Waals surface area contributed by atoms with Crippen LogP contribution < -0.4 is 0 Å². The number of amides is 1. The predicted octanol–water partition coefficient (Wildman–Crippen LogP) is 2.09. The van der Waals surface area contributed by atoms with Crippen molar-refractivity contribution in [2.24, 2.45) is 0 Å². The van der Waals surface area contributed by atoms with Gasteiger partial charge in [-0.2, -0.15) is 0 Å². The summed E-state index contributed by atoms with van der Waals surface area (Å²) in [4.78, 5) is 14.3. The maximum absolute atomic E-state index is 12.4. The summed E-state index contributed by atoms with van der Waals surface area (Å²) >= 11 is 0. The Hall–Kier alpha value is -0.650. The molecule has 1 atom stereocenters. The van der Waals surface area contributed by atoms with Gasteiger partial charge in [-0.25, -0.2) is 0 Å². The molecule has 0 aromatic rings. The number of hydrogen-bond donors (Lipinski definition) is 0. The lowest BCUT2D eigenvalue weighted by atomic mass is 9.89. The van der Waals surface area contributed by atoms with E-state index in [-0.39, 0.29) is 17.8 Å². The summed E-state index contributed by atoms with van der Waals surface area (Å²) in [6.45, 7) is 2.22. The van der Waals surface area contributed by atoms with Gasteiger partial charge in [-0.1, -0.05) is 0 Å². The third-order valence-corrected chi connectivity index (χ3v) is 5.15. The summed E-state index contributed by atoms with van der Waals surface area (Å²) in [7, 11) is 1.93. The number of carbonyl (C=O) groups excluding carboxylic acids is 1. The molecule has 1 saturated carbocycles. The van der Waals surface area contributed by atoms with E-state index in [4.69, 9.17) is 14.2 Å². The van der Waals surface area contributed by atoms with Crippen LogP contribution in [0, 0.1) is 0 Å². The van der Waals surface area contributed by atoms with Gasteiger partial charge in [0.1, 0.15) is 0 Å². The molecule has 0 bridgehead atoms. The highest BCUT2D eigenvalue weighted by Gasteiger charge is 2.41. The van der Waals surface area contributed by atoms with E-state index < -0.39 is 0 Å². The van der Waals surface area contributed by atoms with E-state index in [1.165, 1.54) is 6.42 Å². The smallest absolute Gasteiger partial charge is 0.225 e. The van der Waals surface area contributed by atoms with Crippen molar-refractivity contribution in [3.8, 4) is 0 Å². The van der Waals surface area contributed by atoms with Crippen LogP contribution >= 0.6 is 0 Å². The Bertz CT molecular complexity index is 351. The van der Waals surface area contributed by atoms with Crippen LogP contribution in [0.1, 0.15) is 51.4 Å². The maximum atomic E-state index is 12.4. The van der Waals surface area contributed by atoms with Gasteiger partial charge in [-0.05, 0) is 32.1 Å². The Morgan fingerprint density at radius 1 is 1.10 bits per heavy atom. The average Bonchev–Trinajstić information content (AvgIpc) is 2.96. The van der Waals surface area contributed by atoms with Crippen LogP contribution in [-0.4, -0.2) is 55.6 Å². The number of rotatable bonds is 3. The van der Waals surface area contributed by atoms with E-state index in [9.17, 15) is 4.79 Å². The number of carbonyl (C=O) groups is 1. The fourth-order valence-corrected chi connectivity index (χ4v) is 3.73. The normalized spacial score (nSPS) is 29.7. The van der Waals surface area contributed by atoms with E-state index in [0.29, 0.717) is 25.7 Å². The van der Waals surface area contributed by atoms with Crippen molar-refractivity contribution >= 4 is 5.91 Å². The zero-order valence-corrected chi connectivity index (χ0v) is 13.0. The van der Waals surface area contributed by atoms with Crippen LogP contribution in [0.5, 0.6) is 0 Å². The van der Waals surface area contributed by atoms with Crippen molar-refractivity contribution in [2.75, 3.05) is 26.9 Å². The van der Waals surface area contributed by atoms with E-state index in [2.05, 4.69) is 0 Å². The highest BCUT2D eigenvalue weighted by atomic mass is 16.7. The molecule has 5 nitrogen and oxygen atoms in total. The molecule has 120 valence electrons. The summed E-state index contributed by atoms with van der Waals surface area (Å²) in [5.74, 6) is -0.122. The molecule has 1 spiro atoms. The molecule has 3 fully saturated rings. The van der Waals surface area contributed by atoms with Crippen molar-refractivity contribution in [2.45, 2.75) is 69.3 Å². The molecule has 0 radical (unpaired) electrons. The molecule has 2 saturated heterocycles. The van der Waals surface area contributed by atoms with Crippen molar-refractivity contribution < 1.29 is 19.0 Å². The van der Waals surface area contributed by atoms with Crippen LogP contribution in [0.25, 0.3) is 0 Å². The fraction of sp³-hybridized carbons (Fsp3) is 0.938. The first-order chi connectivity index (χ1) is 10.2. The summed E-state index contributed by atoms with van der Waals surface area (Å²) in [6, 6.07) is 0.319. The third-order valence-electron chi connectivity index (χ3n) is 5.15. The minimum atomic E-state index is -0.340. The van der Waals surface area contributed by atoms with Crippen molar-refractivity contribution in [1.82, 2.24) is 4.90 Å². The minimum absolute atomic E-state index is 0.130. The van der Waals surface area contributed by atoms with Crippen LogP contribution in [0.2, 0.25) is 0 Å². The van der Waals surface area contributed by atoms with Crippen molar-refractivity contribution in [3.05, 3.63) is 0 Å². The summed E-state index contributed by atoms with van der Waals surface area (Å²) < 4.78 is 17.2. The van der Waals surface area contributed by atoms with E-state index >= 15 is 0 Å². The van der Waals surface area contributed by atoms with E-state index in [1.54, 1.807) is 0 Å². The van der Waals surface area contributed by atoms with Crippen LogP contribution in [0.4, 0.5) is 0 Å². The maximum Gasteiger partial charge on any atom is 0.225 e. The first-order valence-corrected chi connectivity index (χ1v) is 8.34. The SMILES string of the molecule is CN(C(=O)CC1CCCCO1)C1CCC2(CC1)OCCO2. The van der Waals surface area contributed by atoms with Gasteiger partial charge >= 0.3 is 0 Å². The quantitative estimate of drug-likeness (QED) is 0.800. The van der Waals surface area contributed by atoms with Gasteiger partial charge in [0.2, 0.25) is 5.91 Å². The molecule has 0 N–H and O–H groups in total. The fourth-order valence-electron chi connectivity index (χ4n) is 3.73. The van der Waals surface area contributed by atoms with Gasteiger partial charge in [0.15, 0.2) is 5.79 Å². The lowest BCUT2D eigenvalue weighted by Gasteiger charge is -2.39. The Morgan fingerprint density at radius 3 is 2.43 bits per heavy atom. The molecule has 5 heteroatoms. The van der Waals surface area contributed by atoms with Gasteiger partial charge in [0.25, 0.3) is 0 Å². The van der Waals surface area contributed by atoms with Crippen molar-refractivity contribution in [1.29, 1.82) is 0 Å². The zero-order valence-electron chi connectivity index (χ0n) is 13.0. The zero-order chi connectivity index (χ0) is 14.7. The molecule has 2 heterocycles. The first-order valence-electron chi connectivity index (χ1n) is 8.34. The predicted molar refractivity (Wildman–Crippen MR) is 77.9 cm³/mol. The second-order valence-electron chi connectivity index (χ2n) is 6.54. The summed E-state index contributed by atoms with van der Waals surface area (Å²) in [5.41, 5.74) is 0. The van der Waals surface area contributed by atoms with Gasteiger partial charge < -0.3 is 19.1 Å². The highest BCUT2D eigenvalue weighted by Crippen LogP contribution is 2.37. The third kappa shape index (κ3) is 3.58. The molecule has 1 amide bonds. The second kappa shape index (κ2) is 6.63. The van der Waals surface area contributed by atoms with Gasteiger partial charge in [0.05, 0.1) is 25.7 Å². The monoisotopic (exact) mass is 297 g/mol. The van der Waals surface area contributed by atoms with Crippen molar-refractivity contribution in [3.63, 3.8) is 0 Å². The molecule has 0 aromatic heterocycles. The Labute approximate surface area is 126 Å². The average molecular weight is 297 g/mol. The lowest BCUT2D eigenvalue weighted by Crippen LogP contribution is -2.45. The molecular weight excluding hydrogens is 270 g/mol. The number of nitrogens with zero attached hydrogens (tertiary/aromatic N) is 1. The lowest BCUT2D eigenvalue weighted by molar-refractivity contribution is -0.184. The summed E-state index contributed by atoms with van der Waals surface area (Å²) in [6.07, 6.45) is 7.73. The minimum Gasteiger partial charge on any atom is -0.378 e. The Balaban J connectivity index is 1.46.